The van der Waals surface area contributed by atoms with E-state index in [4.69, 9.17) is 128 Å². The van der Waals surface area contributed by atoms with E-state index in [0.29, 0.717) is 0 Å². The van der Waals surface area contributed by atoms with Crippen LogP contribution < -0.4 is 26.6 Å². The second-order valence-corrected chi connectivity index (χ2v) is 32.9. The lowest BCUT2D eigenvalue weighted by atomic mass is 9.94. The van der Waals surface area contributed by atoms with Gasteiger partial charge >= 0.3 is 5.97 Å². The summed E-state index contributed by atoms with van der Waals surface area (Å²) in [5.41, 5.74) is 4.42. The first kappa shape index (κ1) is 105. The third-order valence-corrected chi connectivity index (χ3v) is 24.5. The number of carbonyl (C=O) groups is 8. The van der Waals surface area contributed by atoms with Crippen molar-refractivity contribution in [3.8, 4) is 11.1 Å². The Hall–Kier alpha value is -5.26. The minimum atomic E-state index is -1.14. The zero-order valence-electron chi connectivity index (χ0n) is 74.3. The first-order valence-corrected chi connectivity index (χ1v) is 43.8. The molecule has 30 atom stereocenters. The van der Waals surface area contributed by atoms with Crippen LogP contribution in [0.25, 0.3) is 11.1 Å². The number of thioether (sulfide) groups is 2. The van der Waals surface area contributed by atoms with Gasteiger partial charge < -0.3 is 154 Å². The van der Waals surface area contributed by atoms with Crippen LogP contribution >= 0.6 is 39.5 Å². The summed E-state index contributed by atoms with van der Waals surface area (Å²) in [7, 11) is 23.7. The van der Waals surface area contributed by atoms with Crippen LogP contribution in [0.2, 0.25) is 0 Å². The molecule has 6 fully saturated rings. The molecule has 6 aliphatic heterocycles. The van der Waals surface area contributed by atoms with E-state index in [0.717, 1.165) is 45.8 Å². The molecule has 6 saturated heterocycles. The van der Waals surface area contributed by atoms with E-state index in [1.165, 1.54) is 128 Å². The first-order chi connectivity index (χ1) is 60.2. The van der Waals surface area contributed by atoms with Crippen LogP contribution in [-0.4, -0.2) is 400 Å². The molecule has 7 aliphatic rings. The van der Waals surface area contributed by atoms with Crippen LogP contribution in [0.5, 0.6) is 0 Å². The Bertz CT molecular complexity index is 3650. The fraction of sp³-hybridized carbons (Fsp3) is 0.756. The highest BCUT2D eigenvalue weighted by Crippen LogP contribution is 2.45. The predicted molar refractivity (Wildman–Crippen MR) is 447 cm³/mol. The molecule has 5 N–H and O–H groups in total. The normalized spacial score (nSPS) is 33.9. The number of alkyl halides is 1. The quantitative estimate of drug-likeness (QED) is 0.0458. The molecule has 2 aromatic rings. The summed E-state index contributed by atoms with van der Waals surface area (Å²) in [6.45, 7) is 6.23. The zero-order chi connectivity index (χ0) is 91.3. The Labute approximate surface area is 745 Å². The number of methoxy groups -OCH3 is 16. The van der Waals surface area contributed by atoms with Crippen LogP contribution in [0.15, 0.2) is 48.5 Å². The molecule has 125 heavy (non-hydrogen) atoms. The Morgan fingerprint density at radius 3 is 1.01 bits per heavy atom. The summed E-state index contributed by atoms with van der Waals surface area (Å²) < 4.78 is 164. The molecule has 0 aromatic heterocycles. The summed E-state index contributed by atoms with van der Waals surface area (Å²) in [6.07, 6.45) is -25.2. The lowest BCUT2D eigenvalue weighted by Gasteiger charge is -2.51. The molecule has 708 valence electrons. The summed E-state index contributed by atoms with van der Waals surface area (Å²) in [4.78, 5) is 99.4. The smallest absolute Gasteiger partial charge is 0.306 e. The second-order valence-electron chi connectivity index (χ2n) is 30.0. The highest BCUT2D eigenvalue weighted by molar-refractivity contribution is 9.09. The fourth-order valence-electron chi connectivity index (χ4n) is 16.6. The van der Waals surface area contributed by atoms with E-state index < -0.39 is 202 Å². The van der Waals surface area contributed by atoms with Gasteiger partial charge in [-0.3, -0.25) is 38.4 Å². The number of amides is 5. The van der Waals surface area contributed by atoms with Crippen LogP contribution in [0.1, 0.15) is 57.6 Å². The molecule has 6 heterocycles. The van der Waals surface area contributed by atoms with Crippen molar-refractivity contribution in [2.75, 3.05) is 170 Å². The molecule has 43 heteroatoms. The third-order valence-electron chi connectivity index (χ3n) is 22.4. The van der Waals surface area contributed by atoms with Gasteiger partial charge in [-0.05, 0) is 36.1 Å². The van der Waals surface area contributed by atoms with Gasteiger partial charge in [-0.1, -0.05) is 88.0 Å². The minimum absolute atomic E-state index is 0.00564. The van der Waals surface area contributed by atoms with Crippen LogP contribution in [0.3, 0.4) is 0 Å². The third kappa shape index (κ3) is 27.2. The number of fused-ring (bicyclic) bond motifs is 3. The molecule has 2 aromatic carbocycles. The average Bonchev–Trinajstić information content (AvgIpc) is 1.76. The van der Waals surface area contributed by atoms with Crippen LogP contribution in [-0.2, 0) is 166 Å². The maximum Gasteiger partial charge on any atom is 0.306 e. The summed E-state index contributed by atoms with van der Waals surface area (Å²) >= 11 is 4.84. The maximum atomic E-state index is 13.5. The number of hydrogen-bond donors (Lipinski definition) is 5. The molecule has 0 bridgehead atoms. The second kappa shape index (κ2) is 52.7. The lowest BCUT2D eigenvalue weighted by Crippen LogP contribution is -2.69. The van der Waals surface area contributed by atoms with Crippen molar-refractivity contribution >= 4 is 85.2 Å². The highest BCUT2D eigenvalue weighted by atomic mass is 79.9. The molecule has 5 amide bonds. The number of esters is 1. The van der Waals surface area contributed by atoms with Gasteiger partial charge in [-0.2, -0.15) is 0 Å². The number of hydrogen-bond acceptors (Lipinski definition) is 37. The number of rotatable bonds is 44. The molecule has 1 aliphatic carbocycles. The average molecular weight is 1890 g/mol. The molecule has 0 spiro atoms. The number of halogens is 1. The summed E-state index contributed by atoms with van der Waals surface area (Å²) in [5.74, 6) is -2.83. The van der Waals surface area contributed by atoms with Crippen molar-refractivity contribution in [3.05, 3.63) is 59.7 Å². The molecule has 28 unspecified atom stereocenters. The topological polar surface area (TPSA) is 446 Å². The van der Waals surface area contributed by atoms with Crippen LogP contribution in [0, 0.1) is 0 Å². The van der Waals surface area contributed by atoms with Gasteiger partial charge in [0, 0.05) is 140 Å². The van der Waals surface area contributed by atoms with Gasteiger partial charge in [0.2, 0.25) is 29.5 Å². The predicted octanol–water partition coefficient (Wildman–Crippen LogP) is 1.08. The molecule has 40 nitrogen and oxygen atoms in total. The monoisotopic (exact) mass is 1880 g/mol. The Kier molecular flexibility index (Phi) is 44.3. The Morgan fingerprint density at radius 1 is 0.352 bits per heavy atom. The van der Waals surface area contributed by atoms with Gasteiger partial charge in [0.15, 0.2) is 47.8 Å². The number of nitrogens with one attached hydrogen (secondary N) is 5. The summed E-state index contributed by atoms with van der Waals surface area (Å²) in [5, 5.41) is 13.6. The maximum absolute atomic E-state index is 13.5. The van der Waals surface area contributed by atoms with Gasteiger partial charge in [0.1, 0.15) is 129 Å². The largest absolute Gasteiger partial charge is 0.465 e. The minimum Gasteiger partial charge on any atom is -0.465 e. The number of carbonyl (C=O) groups excluding carboxylic acids is 8. The van der Waals surface area contributed by atoms with Gasteiger partial charge in [0.05, 0.1) is 80.5 Å². The zero-order valence-corrected chi connectivity index (χ0v) is 77.5. The van der Waals surface area contributed by atoms with Gasteiger partial charge in [0.25, 0.3) is 0 Å². The first-order valence-electron chi connectivity index (χ1n) is 40.7. The van der Waals surface area contributed by atoms with Crippen molar-refractivity contribution in [2.45, 2.75) is 230 Å². The molecular formula is C82H126BrN5O35S2. The van der Waals surface area contributed by atoms with Crippen molar-refractivity contribution in [3.63, 3.8) is 0 Å². The van der Waals surface area contributed by atoms with Gasteiger partial charge in [-0.25, -0.2) is 0 Å². The SMILES string of the molecule is COCC1OC(NC(=O)CCC(=O)OCC2c3ccccc3-c3ccccc32)C(OC)C(OC)C1OC1OC(COC)C(OC2OC(C)[C@@H](NC(=O)CSC(C)=O)C(OC)C2OC)C(OC)C1OC.COCC1OC(NC(=O)CNC(=O)CBr)C(OC)C(OC)C1OC1OC(COC)C(OC2OC(C)[C@@H](NC(=O)CSC(C)=O)C(OC)C2OC)C(OC)C1OC. The van der Waals surface area contributed by atoms with E-state index >= 15 is 0 Å². The highest BCUT2D eigenvalue weighted by Gasteiger charge is 2.59. The van der Waals surface area contributed by atoms with Crippen molar-refractivity contribution in [1.29, 1.82) is 0 Å². The van der Waals surface area contributed by atoms with Gasteiger partial charge in [-0.15, -0.1) is 0 Å². The molecule has 0 radical (unpaired) electrons. The van der Waals surface area contributed by atoms with Crippen LogP contribution in [0.4, 0.5) is 0 Å². The van der Waals surface area contributed by atoms with E-state index in [-0.39, 0.29) is 103 Å². The van der Waals surface area contributed by atoms with Crippen molar-refractivity contribution < 1.29 is 166 Å². The number of benzene rings is 2. The Morgan fingerprint density at radius 2 is 0.672 bits per heavy atom. The van der Waals surface area contributed by atoms with E-state index in [2.05, 4.69) is 54.6 Å². The van der Waals surface area contributed by atoms with E-state index in [1.807, 2.05) is 36.4 Å². The lowest BCUT2D eigenvalue weighted by molar-refractivity contribution is -0.374. The van der Waals surface area contributed by atoms with E-state index in [1.54, 1.807) is 13.8 Å². The number of ether oxygens (including phenoxy) is 27. The molecule has 9 rings (SSSR count). The van der Waals surface area contributed by atoms with Crippen molar-refractivity contribution in [2.24, 2.45) is 0 Å². The molecule has 0 saturated carbocycles. The van der Waals surface area contributed by atoms with E-state index in [9.17, 15) is 38.4 Å². The Balaban J connectivity index is 0.000000317. The fourth-order valence-corrected chi connectivity index (χ4v) is 17.7. The molecular weight excluding hydrogens is 1760 g/mol. The summed E-state index contributed by atoms with van der Waals surface area (Å²) in [6, 6.07) is 14.8. The van der Waals surface area contributed by atoms with Crippen molar-refractivity contribution in [1.82, 2.24) is 26.6 Å². The standard InChI is InChI=1S/C48H68N2O18S.C34H58BrN3O17S/c1-25-37(49-35(53)24-69-26(2)51)40(57-5)44(61-9)47(64-25)67-39-33(23-56-4)66-48(45(62-10)42(39)59-7)68-38-32(22-55-3)65-46(43(60-8)41(38)58-6)50-34(52)19-20-36(54)63-21-31-29-17-13-11-15-27(29)28-16-12-14-18-30(28)31;1-16-23(37-22(42)15-56-17(2)39)26(45-5)30(49-9)33(51-16)54-25-19(14-44-4)53-34(31(50-10)28(25)47-7)55-24-18(13-43-3)52-32(29(48-8)27(24)46-6)38-21(41)12-36-20(40)11-35/h11-18,25,31-33,37-48H,19-24H2,1-10H3,(H,49,53)(H,50,52);16,18-19,23-34H,11-15H2,1-10H3,(H,36,40)(H,37,42)(H,38,41)/t25?,32?,33?,37-,38?,39?,40?,41?,42?,43?,44?,45?,46?,47?,48?;16?,18?,19?,23-,24?,25?,26?,27?,28?,29?,30?,31?,32?,33?,34?/m11/s1.